The third-order valence-electron chi connectivity index (χ3n) is 8.20. The second-order valence-electron chi connectivity index (χ2n) is 13.9. The molecule has 0 bridgehead atoms. The van der Waals surface area contributed by atoms with Crippen molar-refractivity contribution in [1.29, 1.82) is 0 Å². The van der Waals surface area contributed by atoms with Crippen LogP contribution in [0.2, 0.25) is 0 Å². The van der Waals surface area contributed by atoms with Crippen molar-refractivity contribution >= 4 is 48.8 Å². The average Bonchev–Trinajstić information content (AvgIpc) is 3.09. The van der Waals surface area contributed by atoms with Crippen LogP contribution in [-0.4, -0.2) is 59.7 Å². The van der Waals surface area contributed by atoms with E-state index in [1.54, 1.807) is 12.1 Å². The molecule has 0 aliphatic heterocycles. The zero-order valence-corrected chi connectivity index (χ0v) is 32.9. The quantitative estimate of drug-likeness (QED) is 0.0474. The Bertz CT molecular complexity index is 1750. The number of carbonyl (C=O) groups is 4. The summed E-state index contributed by atoms with van der Waals surface area (Å²) in [5, 5.41) is 8.44. The molecule has 0 saturated carbocycles. The minimum atomic E-state index is -4.82. The number of rotatable bonds is 19. The molecule has 3 aromatic carbocycles. The Kier molecular flexibility index (Phi) is 16.7. The number of aryl methyl sites for hydroxylation is 1. The maximum Gasteiger partial charge on any atom is 0.470 e. The highest BCUT2D eigenvalue weighted by atomic mass is 31.2. The van der Waals surface area contributed by atoms with E-state index in [4.69, 9.17) is 19.3 Å². The van der Waals surface area contributed by atoms with Gasteiger partial charge < -0.3 is 40.1 Å². The van der Waals surface area contributed by atoms with Crippen molar-refractivity contribution in [3.8, 4) is 0 Å². The van der Waals surface area contributed by atoms with Crippen molar-refractivity contribution < 1.29 is 47.5 Å². The minimum Gasteiger partial charge on any atom is -0.428 e. The highest BCUT2D eigenvalue weighted by Crippen LogP contribution is 2.37. The summed E-state index contributed by atoms with van der Waals surface area (Å²) < 4.78 is 25.7. The van der Waals surface area contributed by atoms with Crippen molar-refractivity contribution in [3.05, 3.63) is 89.0 Å². The molecule has 2 unspecified atom stereocenters. The second kappa shape index (κ2) is 20.6. The molecule has 0 radical (unpaired) electrons. The number of phosphoric acid groups is 1. The van der Waals surface area contributed by atoms with Crippen LogP contribution in [-0.2, 0) is 34.7 Å². The molecule has 5 N–H and O–H groups in total. The number of nitrogens with zero attached hydrogens (tertiary/aromatic N) is 1. The molecule has 3 aromatic rings. The van der Waals surface area contributed by atoms with Gasteiger partial charge in [0, 0.05) is 25.3 Å². The van der Waals surface area contributed by atoms with Crippen LogP contribution in [0.15, 0.2) is 66.7 Å². The van der Waals surface area contributed by atoms with E-state index in [9.17, 15) is 23.7 Å². The Morgan fingerprint density at radius 1 is 0.833 bits per heavy atom. The Hall–Kier alpha value is -4.75. The van der Waals surface area contributed by atoms with E-state index in [2.05, 4.69) is 53.1 Å². The van der Waals surface area contributed by atoms with Gasteiger partial charge in [-0.3, -0.25) is 14.1 Å². The maximum atomic E-state index is 13.2. The summed E-state index contributed by atoms with van der Waals surface area (Å²) in [6.07, 6.45) is -0.746. The number of anilines is 3. The highest BCUT2D eigenvalue weighted by Gasteiger charge is 2.24. The smallest absolute Gasteiger partial charge is 0.428 e. The highest BCUT2D eigenvalue weighted by molar-refractivity contribution is 7.46. The van der Waals surface area contributed by atoms with Gasteiger partial charge >= 0.3 is 25.8 Å². The third kappa shape index (κ3) is 14.9. The number of hydrogen-bond acceptors (Lipinski definition) is 9. The number of benzene rings is 3. The molecule has 3 amide bonds. The number of nitrogens with one attached hydrogen (secondary N) is 3. The summed E-state index contributed by atoms with van der Waals surface area (Å²) in [5.74, 6) is -1.50. The lowest BCUT2D eigenvalue weighted by atomic mass is 9.92. The molecule has 54 heavy (non-hydrogen) atoms. The first kappa shape index (κ1) is 43.7. The molecular weight excluding hydrogens is 715 g/mol. The predicted octanol–water partition coefficient (Wildman–Crippen LogP) is 7.11. The van der Waals surface area contributed by atoms with Gasteiger partial charge in [0.05, 0.1) is 23.4 Å². The van der Waals surface area contributed by atoms with E-state index in [1.165, 1.54) is 19.1 Å². The molecule has 294 valence electrons. The van der Waals surface area contributed by atoms with Crippen LogP contribution in [0.4, 0.5) is 21.9 Å². The number of ether oxygens (including phenoxy) is 2. The lowest BCUT2D eigenvalue weighted by Gasteiger charge is -2.31. The average molecular weight is 769 g/mol. The molecule has 0 aliphatic rings. The number of esters is 2. The van der Waals surface area contributed by atoms with Crippen LogP contribution in [0.1, 0.15) is 87.4 Å². The van der Waals surface area contributed by atoms with Gasteiger partial charge in [0.1, 0.15) is 6.10 Å². The molecular formula is C39H53N4O10P. The number of urea groups is 1. The molecule has 0 spiro atoms. The Morgan fingerprint density at radius 2 is 1.46 bits per heavy atom. The van der Waals surface area contributed by atoms with Crippen LogP contribution >= 0.6 is 7.82 Å². The largest absolute Gasteiger partial charge is 0.470 e. The molecule has 3 rings (SSSR count). The zero-order chi connectivity index (χ0) is 40.0. The standard InChI is InChI=1S/C39H53N4O10P/c1-8-30(20-36(44)51-24-52-38(46)31-13-11-29(12-14-31)21-40-37(45)28(7)53-54(48,49)50)32-15-18-35(43(22-25(2)3)23-26(4)5)34(19-32)42-39(47)41-33-16-9-27(6)10-17-33/h9-19,25-26,28,30H,8,20-24H2,1-7H3,(H,40,45)(H2,41,42,47)(H2,48,49,50). The summed E-state index contributed by atoms with van der Waals surface area (Å²) in [5.41, 5.74) is 4.87. The lowest BCUT2D eigenvalue weighted by molar-refractivity contribution is -0.152. The molecule has 2 atom stereocenters. The molecule has 0 saturated heterocycles. The van der Waals surface area contributed by atoms with E-state index in [1.807, 2.05) is 56.3 Å². The molecule has 0 heterocycles. The topological polar surface area (TPSA) is 193 Å². The number of hydrogen-bond donors (Lipinski definition) is 5. The van der Waals surface area contributed by atoms with Crippen LogP contribution in [0, 0.1) is 18.8 Å². The van der Waals surface area contributed by atoms with Crippen molar-refractivity contribution in [3.63, 3.8) is 0 Å². The van der Waals surface area contributed by atoms with E-state index in [-0.39, 0.29) is 30.5 Å². The van der Waals surface area contributed by atoms with Crippen LogP contribution in [0.5, 0.6) is 0 Å². The SMILES string of the molecule is CCC(CC(=O)OCOC(=O)c1ccc(CNC(=O)C(C)OP(=O)(O)O)cc1)c1ccc(N(CC(C)C)CC(C)C)c(NC(=O)Nc2ccc(C)cc2)c1. The van der Waals surface area contributed by atoms with Gasteiger partial charge in [0.15, 0.2) is 0 Å². The second-order valence-corrected chi connectivity index (χ2v) is 15.1. The van der Waals surface area contributed by atoms with Crippen LogP contribution < -0.4 is 20.9 Å². The summed E-state index contributed by atoms with van der Waals surface area (Å²) in [4.78, 5) is 70.7. The fourth-order valence-electron chi connectivity index (χ4n) is 5.59. The fourth-order valence-corrected chi connectivity index (χ4v) is 6.10. The third-order valence-corrected chi connectivity index (χ3v) is 8.79. The van der Waals surface area contributed by atoms with Crippen molar-refractivity contribution in [2.45, 2.75) is 79.9 Å². The van der Waals surface area contributed by atoms with E-state index in [0.29, 0.717) is 35.2 Å². The molecule has 0 aliphatic carbocycles. The van der Waals surface area contributed by atoms with E-state index in [0.717, 1.165) is 29.9 Å². The Balaban J connectivity index is 1.63. The van der Waals surface area contributed by atoms with Gasteiger partial charge in [-0.25, -0.2) is 14.2 Å². The van der Waals surface area contributed by atoms with Crippen molar-refractivity contribution in [2.24, 2.45) is 11.8 Å². The normalized spacial score (nSPS) is 12.5. The molecule has 0 fully saturated rings. The fraction of sp³-hybridized carbons (Fsp3) is 0.436. The summed E-state index contributed by atoms with van der Waals surface area (Å²) in [6, 6.07) is 19.1. The van der Waals surface area contributed by atoms with Crippen LogP contribution in [0.25, 0.3) is 0 Å². The first-order valence-corrected chi connectivity index (χ1v) is 19.4. The van der Waals surface area contributed by atoms with Gasteiger partial charge in [0.2, 0.25) is 12.7 Å². The number of amides is 3. The van der Waals surface area contributed by atoms with E-state index < -0.39 is 38.6 Å². The molecule has 15 heteroatoms. The number of carbonyl (C=O) groups excluding carboxylic acids is 4. The summed E-state index contributed by atoms with van der Waals surface area (Å²) in [6.45, 7) is 14.7. The van der Waals surface area contributed by atoms with Gasteiger partial charge in [-0.2, -0.15) is 0 Å². The van der Waals surface area contributed by atoms with Gasteiger partial charge in [0.25, 0.3) is 0 Å². The molecule has 14 nitrogen and oxygen atoms in total. The first-order valence-electron chi connectivity index (χ1n) is 17.9. The van der Waals surface area contributed by atoms with Gasteiger partial charge in [-0.1, -0.05) is 70.5 Å². The maximum absolute atomic E-state index is 13.2. The lowest BCUT2D eigenvalue weighted by Crippen LogP contribution is -2.33. The zero-order valence-electron chi connectivity index (χ0n) is 32.0. The van der Waals surface area contributed by atoms with Gasteiger partial charge in [-0.15, -0.1) is 0 Å². The van der Waals surface area contributed by atoms with Crippen LogP contribution in [0.3, 0.4) is 0 Å². The molecule has 0 aromatic heterocycles. The predicted molar refractivity (Wildman–Crippen MR) is 207 cm³/mol. The minimum absolute atomic E-state index is 0.0162. The first-order chi connectivity index (χ1) is 25.4. The number of phosphoric ester groups is 1. The van der Waals surface area contributed by atoms with E-state index >= 15 is 0 Å². The van der Waals surface area contributed by atoms with Gasteiger partial charge in [-0.05, 0) is 85.5 Å². The monoisotopic (exact) mass is 768 g/mol. The Labute approximate surface area is 317 Å². The van der Waals surface area contributed by atoms with Crippen molar-refractivity contribution in [2.75, 3.05) is 35.4 Å². The Morgan fingerprint density at radius 3 is 2.04 bits per heavy atom. The summed E-state index contributed by atoms with van der Waals surface area (Å²) >= 11 is 0. The summed E-state index contributed by atoms with van der Waals surface area (Å²) in [7, 11) is -4.82. The van der Waals surface area contributed by atoms with Crippen molar-refractivity contribution in [1.82, 2.24) is 5.32 Å².